The average Bonchev–Trinajstić information content (AvgIpc) is 3.03. The van der Waals surface area contributed by atoms with Crippen molar-refractivity contribution in [2.75, 3.05) is 21.3 Å². The number of fused-ring (bicyclic) bond motifs is 1. The third kappa shape index (κ3) is 2.48. The van der Waals surface area contributed by atoms with Gasteiger partial charge in [-0.1, -0.05) is 18.2 Å². The lowest BCUT2D eigenvalue weighted by atomic mass is 10.0. The van der Waals surface area contributed by atoms with Crippen LogP contribution >= 0.6 is 0 Å². The van der Waals surface area contributed by atoms with E-state index in [1.165, 1.54) is 5.56 Å². The minimum Gasteiger partial charge on any atom is -0.493 e. The highest BCUT2D eigenvalue weighted by atomic mass is 16.5. The Hall–Kier alpha value is -2.62. The second kappa shape index (κ2) is 6.02. The Kier molecular flexibility index (Phi) is 3.92. The molecule has 1 heterocycles. The molecule has 22 heavy (non-hydrogen) atoms. The molecular weight excluding hydrogens is 278 g/mol. The molecule has 0 saturated heterocycles. The van der Waals surface area contributed by atoms with E-state index in [4.69, 9.17) is 14.2 Å². The summed E-state index contributed by atoms with van der Waals surface area (Å²) >= 11 is 0. The van der Waals surface area contributed by atoms with Crippen LogP contribution in [0.2, 0.25) is 0 Å². The van der Waals surface area contributed by atoms with Gasteiger partial charge < -0.3 is 19.2 Å². The van der Waals surface area contributed by atoms with Gasteiger partial charge >= 0.3 is 0 Å². The van der Waals surface area contributed by atoms with E-state index in [0.717, 1.165) is 22.9 Å². The Morgan fingerprint density at radius 2 is 1.73 bits per heavy atom. The molecule has 113 valence electrons. The SMILES string of the molecule is COc1cc(Cc2cccc3c[c][nH]c23)cc(OC)c1OC. The summed E-state index contributed by atoms with van der Waals surface area (Å²) in [5, 5.41) is 1.16. The van der Waals surface area contributed by atoms with Crippen molar-refractivity contribution >= 4 is 10.9 Å². The van der Waals surface area contributed by atoms with Crippen LogP contribution in [-0.4, -0.2) is 26.3 Å². The van der Waals surface area contributed by atoms with Gasteiger partial charge in [-0.05, 0) is 35.7 Å². The summed E-state index contributed by atoms with van der Waals surface area (Å²) in [6, 6.07) is 12.1. The number of benzene rings is 2. The Balaban J connectivity index is 2.03. The molecule has 0 fully saturated rings. The molecule has 3 rings (SSSR count). The minimum atomic E-state index is 0.611. The number of aromatic amines is 1. The standard InChI is InChI=1S/C18H18NO3/c1-20-15-10-12(11-16(21-2)18(15)22-3)9-14-6-4-5-13-7-8-19-17(13)14/h4-7,10-11,19H,9H2,1-3H3. The van der Waals surface area contributed by atoms with Crippen LogP contribution in [0.15, 0.2) is 36.4 Å². The molecule has 4 heteroatoms. The Bertz CT molecular complexity index is 767. The number of hydrogen-bond donors (Lipinski definition) is 1. The number of hydrogen-bond acceptors (Lipinski definition) is 3. The van der Waals surface area contributed by atoms with E-state index in [9.17, 15) is 0 Å². The van der Waals surface area contributed by atoms with Crippen LogP contribution in [-0.2, 0) is 6.42 Å². The second-order valence-electron chi connectivity index (χ2n) is 5.01. The predicted molar refractivity (Wildman–Crippen MR) is 86.0 cm³/mol. The first kappa shape index (κ1) is 14.3. The summed E-state index contributed by atoms with van der Waals surface area (Å²) in [7, 11) is 4.86. The molecule has 4 nitrogen and oxygen atoms in total. The van der Waals surface area contributed by atoms with Crippen molar-refractivity contribution in [1.29, 1.82) is 0 Å². The maximum absolute atomic E-state index is 5.41. The van der Waals surface area contributed by atoms with Crippen molar-refractivity contribution < 1.29 is 14.2 Å². The Morgan fingerprint density at radius 1 is 1.00 bits per heavy atom. The monoisotopic (exact) mass is 296 g/mol. The highest BCUT2D eigenvalue weighted by Crippen LogP contribution is 2.38. The largest absolute Gasteiger partial charge is 0.493 e. The Morgan fingerprint density at radius 3 is 2.36 bits per heavy atom. The van der Waals surface area contributed by atoms with Crippen LogP contribution in [0.25, 0.3) is 10.9 Å². The van der Waals surface area contributed by atoms with Gasteiger partial charge in [0, 0.05) is 10.9 Å². The quantitative estimate of drug-likeness (QED) is 0.782. The molecule has 0 aliphatic carbocycles. The van der Waals surface area contributed by atoms with Gasteiger partial charge in [0.05, 0.1) is 27.5 Å². The van der Waals surface area contributed by atoms with Crippen LogP contribution in [0.1, 0.15) is 11.1 Å². The molecule has 0 aliphatic heterocycles. The molecule has 0 spiro atoms. The number of nitrogens with one attached hydrogen (secondary N) is 1. The third-order valence-electron chi connectivity index (χ3n) is 3.73. The zero-order valence-corrected chi connectivity index (χ0v) is 12.9. The first-order chi connectivity index (χ1) is 10.8. The van der Waals surface area contributed by atoms with Crippen molar-refractivity contribution in [1.82, 2.24) is 4.98 Å². The highest BCUT2D eigenvalue weighted by molar-refractivity contribution is 5.82. The lowest BCUT2D eigenvalue weighted by molar-refractivity contribution is 0.324. The van der Waals surface area contributed by atoms with Crippen LogP contribution in [0.3, 0.4) is 0 Å². The summed E-state index contributed by atoms with van der Waals surface area (Å²) in [5.41, 5.74) is 3.40. The normalized spacial score (nSPS) is 10.7. The fourth-order valence-electron chi connectivity index (χ4n) is 2.68. The fourth-order valence-corrected chi connectivity index (χ4v) is 2.68. The summed E-state index contributed by atoms with van der Waals surface area (Å²) in [4.78, 5) is 3.18. The smallest absolute Gasteiger partial charge is 0.203 e. The molecule has 1 radical (unpaired) electrons. The summed E-state index contributed by atoms with van der Waals surface area (Å²) in [6.45, 7) is 0. The molecule has 0 amide bonds. The van der Waals surface area contributed by atoms with Gasteiger partial charge in [-0.15, -0.1) is 0 Å². The summed E-state index contributed by atoms with van der Waals surface area (Å²) in [5.74, 6) is 1.95. The number of aromatic nitrogens is 1. The lowest BCUT2D eigenvalue weighted by Crippen LogP contribution is -1.98. The number of H-pyrrole nitrogens is 1. The molecule has 3 aromatic rings. The van der Waals surface area contributed by atoms with Crippen LogP contribution < -0.4 is 14.2 Å². The molecule has 0 atom stereocenters. The van der Waals surface area contributed by atoms with Crippen molar-refractivity contribution in [2.24, 2.45) is 0 Å². The van der Waals surface area contributed by atoms with Gasteiger partial charge in [-0.3, -0.25) is 0 Å². The van der Waals surface area contributed by atoms with E-state index in [2.05, 4.69) is 29.4 Å². The van der Waals surface area contributed by atoms with Gasteiger partial charge in [-0.2, -0.15) is 0 Å². The van der Waals surface area contributed by atoms with E-state index >= 15 is 0 Å². The molecule has 2 aromatic carbocycles. The van der Waals surface area contributed by atoms with Crippen molar-refractivity contribution in [3.8, 4) is 17.2 Å². The lowest BCUT2D eigenvalue weighted by Gasteiger charge is -2.14. The van der Waals surface area contributed by atoms with E-state index in [1.54, 1.807) is 21.3 Å². The predicted octanol–water partition coefficient (Wildman–Crippen LogP) is 3.58. The zero-order valence-electron chi connectivity index (χ0n) is 12.9. The Labute approximate surface area is 129 Å². The maximum Gasteiger partial charge on any atom is 0.203 e. The van der Waals surface area contributed by atoms with Crippen molar-refractivity contribution in [3.63, 3.8) is 0 Å². The van der Waals surface area contributed by atoms with Gasteiger partial charge in [0.25, 0.3) is 0 Å². The average molecular weight is 296 g/mol. The molecule has 0 aliphatic rings. The van der Waals surface area contributed by atoms with E-state index < -0.39 is 0 Å². The topological polar surface area (TPSA) is 43.5 Å². The maximum atomic E-state index is 5.41. The van der Waals surface area contributed by atoms with E-state index in [0.29, 0.717) is 17.2 Å². The fraction of sp³-hybridized carbons (Fsp3) is 0.222. The summed E-state index contributed by atoms with van der Waals surface area (Å²) < 4.78 is 16.2. The van der Waals surface area contributed by atoms with Gasteiger partial charge in [0.1, 0.15) is 0 Å². The molecule has 1 aromatic heterocycles. The van der Waals surface area contributed by atoms with Crippen LogP contribution in [0.4, 0.5) is 0 Å². The molecule has 0 unspecified atom stereocenters. The molecule has 0 bridgehead atoms. The highest BCUT2D eigenvalue weighted by Gasteiger charge is 2.14. The first-order valence-corrected chi connectivity index (χ1v) is 7.02. The number of para-hydroxylation sites is 1. The third-order valence-corrected chi connectivity index (χ3v) is 3.73. The minimum absolute atomic E-state index is 0.611. The van der Waals surface area contributed by atoms with Gasteiger partial charge in [-0.25, -0.2) is 0 Å². The second-order valence-corrected chi connectivity index (χ2v) is 5.01. The molecule has 1 N–H and O–H groups in total. The molecular formula is C18H18NO3. The van der Waals surface area contributed by atoms with E-state index in [-0.39, 0.29) is 0 Å². The van der Waals surface area contributed by atoms with E-state index in [1.807, 2.05) is 18.2 Å². The number of rotatable bonds is 5. The van der Waals surface area contributed by atoms with Gasteiger partial charge in [0.15, 0.2) is 11.5 Å². The first-order valence-electron chi connectivity index (χ1n) is 7.02. The van der Waals surface area contributed by atoms with Crippen LogP contribution in [0, 0.1) is 6.20 Å². The number of ether oxygens (including phenoxy) is 3. The van der Waals surface area contributed by atoms with Crippen molar-refractivity contribution in [2.45, 2.75) is 6.42 Å². The zero-order chi connectivity index (χ0) is 15.5. The van der Waals surface area contributed by atoms with Crippen LogP contribution in [0.5, 0.6) is 17.2 Å². The van der Waals surface area contributed by atoms with Crippen molar-refractivity contribution in [3.05, 3.63) is 53.7 Å². The number of methoxy groups -OCH3 is 3. The molecule has 0 saturated carbocycles. The van der Waals surface area contributed by atoms with Gasteiger partial charge in [0.2, 0.25) is 5.75 Å². The summed E-state index contributed by atoms with van der Waals surface area (Å²) in [6.07, 6.45) is 3.80.